The molecule has 2 aromatic carbocycles. The number of halogens is 3. The highest BCUT2D eigenvalue weighted by Crippen LogP contribution is 2.34. The van der Waals surface area contributed by atoms with Gasteiger partial charge in [0.25, 0.3) is 0 Å². The Hall–Kier alpha value is -2.38. The van der Waals surface area contributed by atoms with Crippen LogP contribution in [0.2, 0.25) is 0 Å². The SMILES string of the molecule is CN1CCC(N(Cc2ccccc2C(F)(F)F)C(=O)CCc2cccc3c2CCN(CC2CC2)C3)CC1. The van der Waals surface area contributed by atoms with E-state index in [1.807, 2.05) is 7.05 Å². The van der Waals surface area contributed by atoms with Gasteiger partial charge in [-0.1, -0.05) is 36.4 Å². The van der Waals surface area contributed by atoms with Crippen LogP contribution in [0.25, 0.3) is 0 Å². The predicted octanol–water partition coefficient (Wildman–Crippen LogP) is 5.53. The summed E-state index contributed by atoms with van der Waals surface area (Å²) in [6.45, 7) is 4.92. The number of hydrogen-bond donors (Lipinski definition) is 0. The Kier molecular flexibility index (Phi) is 7.91. The second-order valence-corrected chi connectivity index (χ2v) is 11.2. The van der Waals surface area contributed by atoms with E-state index in [4.69, 9.17) is 0 Å². The normalized spacial score (nSPS) is 19.6. The van der Waals surface area contributed by atoms with Crippen molar-refractivity contribution in [2.45, 2.75) is 70.3 Å². The van der Waals surface area contributed by atoms with Gasteiger partial charge in [-0.2, -0.15) is 13.2 Å². The first kappa shape index (κ1) is 26.2. The lowest BCUT2D eigenvalue weighted by Crippen LogP contribution is -2.46. The lowest BCUT2D eigenvalue weighted by atomic mass is 9.91. The van der Waals surface area contributed by atoms with E-state index in [2.05, 4.69) is 28.0 Å². The second kappa shape index (κ2) is 11.2. The van der Waals surface area contributed by atoms with Gasteiger partial charge >= 0.3 is 6.18 Å². The van der Waals surface area contributed by atoms with Gasteiger partial charge in [0.1, 0.15) is 0 Å². The molecule has 3 aliphatic rings. The fourth-order valence-electron chi connectivity index (χ4n) is 6.03. The molecule has 0 atom stereocenters. The van der Waals surface area contributed by atoms with Gasteiger partial charge in [0.05, 0.1) is 5.56 Å². The Bertz CT molecular complexity index is 1090. The van der Waals surface area contributed by atoms with E-state index in [0.717, 1.165) is 57.4 Å². The number of alkyl halides is 3. The van der Waals surface area contributed by atoms with Gasteiger partial charge in [0.15, 0.2) is 0 Å². The van der Waals surface area contributed by atoms with E-state index in [9.17, 15) is 18.0 Å². The average Bonchev–Trinajstić information content (AvgIpc) is 3.70. The number of hydrogen-bond acceptors (Lipinski definition) is 3. The number of carbonyl (C=O) groups is 1. The standard InChI is InChI=1S/C30H38F3N3O/c1-34-16-13-26(14-17-34)36(21-25-5-2-3-8-28(25)30(31,32)33)29(37)12-11-23-6-4-7-24-20-35(18-15-27(23)24)19-22-9-10-22/h2-8,22,26H,9-21H2,1H3. The molecule has 0 radical (unpaired) electrons. The third-order valence-corrected chi connectivity index (χ3v) is 8.38. The van der Waals surface area contributed by atoms with Crippen molar-refractivity contribution in [3.8, 4) is 0 Å². The Morgan fingerprint density at radius 3 is 2.43 bits per heavy atom. The summed E-state index contributed by atoms with van der Waals surface area (Å²) in [6.07, 6.45) is 1.80. The molecule has 0 unspecified atom stereocenters. The van der Waals surface area contributed by atoms with Crippen LogP contribution in [-0.4, -0.2) is 59.9 Å². The summed E-state index contributed by atoms with van der Waals surface area (Å²) >= 11 is 0. The van der Waals surface area contributed by atoms with Crippen LogP contribution in [0.15, 0.2) is 42.5 Å². The summed E-state index contributed by atoms with van der Waals surface area (Å²) < 4.78 is 41.1. The van der Waals surface area contributed by atoms with Crippen LogP contribution >= 0.6 is 0 Å². The average molecular weight is 514 g/mol. The maximum atomic E-state index is 13.7. The largest absolute Gasteiger partial charge is 0.416 e. The van der Waals surface area contributed by atoms with Crippen molar-refractivity contribution >= 4 is 5.91 Å². The molecule has 2 heterocycles. The van der Waals surface area contributed by atoms with Gasteiger partial charge in [0.2, 0.25) is 5.91 Å². The molecular weight excluding hydrogens is 475 g/mol. The molecule has 2 fully saturated rings. The van der Waals surface area contributed by atoms with Gasteiger partial charge in [-0.3, -0.25) is 9.69 Å². The monoisotopic (exact) mass is 513 g/mol. The molecule has 0 spiro atoms. The van der Waals surface area contributed by atoms with Crippen molar-refractivity contribution in [3.63, 3.8) is 0 Å². The Balaban J connectivity index is 1.30. The smallest absolute Gasteiger partial charge is 0.335 e. The first-order valence-corrected chi connectivity index (χ1v) is 13.7. The molecule has 1 amide bonds. The molecule has 1 saturated heterocycles. The molecule has 2 aromatic rings. The lowest BCUT2D eigenvalue weighted by Gasteiger charge is -2.38. The van der Waals surface area contributed by atoms with E-state index < -0.39 is 11.7 Å². The fraction of sp³-hybridized carbons (Fsp3) is 0.567. The first-order chi connectivity index (χ1) is 17.8. The topological polar surface area (TPSA) is 26.8 Å². The maximum absolute atomic E-state index is 13.7. The number of carbonyl (C=O) groups excluding carboxylic acids is 1. The first-order valence-electron chi connectivity index (χ1n) is 13.7. The summed E-state index contributed by atoms with van der Waals surface area (Å²) in [5, 5.41) is 0. The number of likely N-dealkylation sites (tertiary alicyclic amines) is 1. The van der Waals surface area contributed by atoms with Crippen LogP contribution in [0, 0.1) is 5.92 Å². The van der Waals surface area contributed by atoms with Crippen LogP contribution in [-0.2, 0) is 36.9 Å². The van der Waals surface area contributed by atoms with Crippen LogP contribution in [0.1, 0.15) is 59.9 Å². The highest BCUT2D eigenvalue weighted by molar-refractivity contribution is 5.77. The zero-order valence-electron chi connectivity index (χ0n) is 21.8. The van der Waals surface area contributed by atoms with Crippen LogP contribution in [0.5, 0.6) is 0 Å². The van der Waals surface area contributed by atoms with Crippen molar-refractivity contribution in [3.05, 3.63) is 70.3 Å². The number of nitrogens with zero attached hydrogens (tertiary/aromatic N) is 3. The maximum Gasteiger partial charge on any atom is 0.416 e. The number of amides is 1. The zero-order chi connectivity index (χ0) is 26.0. The summed E-state index contributed by atoms with van der Waals surface area (Å²) in [4.78, 5) is 20.1. The number of piperidine rings is 1. The highest BCUT2D eigenvalue weighted by Gasteiger charge is 2.35. The van der Waals surface area contributed by atoms with Gasteiger partial charge in [-0.15, -0.1) is 0 Å². The molecule has 0 N–H and O–H groups in total. The van der Waals surface area contributed by atoms with Gasteiger partial charge < -0.3 is 9.80 Å². The van der Waals surface area contributed by atoms with Crippen molar-refractivity contribution in [2.24, 2.45) is 5.92 Å². The number of rotatable bonds is 8. The fourth-order valence-corrected chi connectivity index (χ4v) is 6.03. The van der Waals surface area contributed by atoms with E-state index in [-0.39, 0.29) is 24.1 Å². The van der Waals surface area contributed by atoms with Crippen molar-refractivity contribution in [1.29, 1.82) is 0 Å². The molecule has 7 heteroatoms. The zero-order valence-corrected chi connectivity index (χ0v) is 21.8. The van der Waals surface area contributed by atoms with Crippen molar-refractivity contribution in [1.82, 2.24) is 14.7 Å². The molecule has 0 aromatic heterocycles. The minimum Gasteiger partial charge on any atom is -0.335 e. The van der Waals surface area contributed by atoms with Crippen LogP contribution < -0.4 is 0 Å². The molecule has 2 aliphatic heterocycles. The summed E-state index contributed by atoms with van der Waals surface area (Å²) in [7, 11) is 2.05. The molecule has 1 saturated carbocycles. The quantitative estimate of drug-likeness (QED) is 0.465. The highest BCUT2D eigenvalue weighted by atomic mass is 19.4. The minimum atomic E-state index is -4.44. The minimum absolute atomic E-state index is 0.00587. The van der Waals surface area contributed by atoms with Crippen molar-refractivity contribution in [2.75, 3.05) is 33.2 Å². The summed E-state index contributed by atoms with van der Waals surface area (Å²) in [6, 6.07) is 12.1. The van der Waals surface area contributed by atoms with Gasteiger partial charge in [-0.25, -0.2) is 0 Å². The van der Waals surface area contributed by atoms with E-state index in [0.29, 0.717) is 12.8 Å². The Morgan fingerprint density at radius 2 is 1.70 bits per heavy atom. The number of fused-ring (bicyclic) bond motifs is 1. The molecule has 5 rings (SSSR count). The molecular formula is C30H38F3N3O. The molecule has 37 heavy (non-hydrogen) atoms. The summed E-state index contributed by atoms with van der Waals surface area (Å²) in [5.41, 5.74) is 3.48. The number of aryl methyl sites for hydroxylation is 1. The van der Waals surface area contributed by atoms with Crippen LogP contribution in [0.3, 0.4) is 0 Å². The third kappa shape index (κ3) is 6.55. The van der Waals surface area contributed by atoms with Crippen LogP contribution in [0.4, 0.5) is 13.2 Å². The molecule has 4 nitrogen and oxygen atoms in total. The molecule has 1 aliphatic carbocycles. The Labute approximate surface area is 218 Å². The Morgan fingerprint density at radius 1 is 0.973 bits per heavy atom. The van der Waals surface area contributed by atoms with Gasteiger partial charge in [-0.05, 0) is 92.9 Å². The van der Waals surface area contributed by atoms with Crippen molar-refractivity contribution < 1.29 is 18.0 Å². The second-order valence-electron chi connectivity index (χ2n) is 11.2. The predicted molar refractivity (Wildman–Crippen MR) is 139 cm³/mol. The van der Waals surface area contributed by atoms with E-state index in [1.54, 1.807) is 11.0 Å². The van der Waals surface area contributed by atoms with Gasteiger partial charge in [0, 0.05) is 38.6 Å². The van der Waals surface area contributed by atoms with E-state index in [1.165, 1.54) is 48.2 Å². The summed E-state index contributed by atoms with van der Waals surface area (Å²) in [5.74, 6) is 0.825. The molecule has 0 bridgehead atoms. The van der Waals surface area contributed by atoms with E-state index >= 15 is 0 Å². The third-order valence-electron chi connectivity index (χ3n) is 8.38. The number of benzene rings is 2. The lowest BCUT2D eigenvalue weighted by molar-refractivity contribution is -0.141. The molecule has 200 valence electrons.